The first-order valence-corrected chi connectivity index (χ1v) is 9.05. The Morgan fingerprint density at radius 2 is 1.76 bits per heavy atom. The molecule has 2 unspecified atom stereocenters. The zero-order chi connectivity index (χ0) is 17.2. The Bertz CT molecular complexity index is 725. The van der Waals surface area contributed by atoms with E-state index in [4.69, 9.17) is 0 Å². The summed E-state index contributed by atoms with van der Waals surface area (Å²) in [4.78, 5) is 14.0. The first-order valence-electron chi connectivity index (χ1n) is 9.05. The Morgan fingerprint density at radius 1 is 1.04 bits per heavy atom. The number of carbonyl (C=O) groups excluding carboxylic acids is 1. The lowest BCUT2D eigenvalue weighted by Crippen LogP contribution is -2.51. The fourth-order valence-electron chi connectivity index (χ4n) is 3.78. The van der Waals surface area contributed by atoms with Crippen LogP contribution in [0.5, 0.6) is 0 Å². The van der Waals surface area contributed by atoms with Crippen LogP contribution in [-0.4, -0.2) is 24.0 Å². The minimum Gasteiger partial charge on any atom is -0.324 e. The monoisotopic (exact) mass is 338 g/mol. The summed E-state index contributed by atoms with van der Waals surface area (Å²) in [6.45, 7) is 1.66. The second-order valence-electron chi connectivity index (χ2n) is 7.30. The molecular weight excluding hydrogens is 315 g/mol. The van der Waals surface area contributed by atoms with Crippen LogP contribution in [-0.2, 0) is 0 Å². The average molecular weight is 338 g/mol. The van der Waals surface area contributed by atoms with Gasteiger partial charge in [0.15, 0.2) is 0 Å². The van der Waals surface area contributed by atoms with Crippen LogP contribution in [0.15, 0.2) is 54.6 Å². The average Bonchev–Trinajstić information content (AvgIpc) is 3.36. The number of carbonyl (C=O) groups is 1. The molecule has 25 heavy (non-hydrogen) atoms. The number of likely N-dealkylation sites (tertiary alicyclic amines) is 1. The van der Waals surface area contributed by atoms with Crippen LogP contribution in [0.1, 0.15) is 30.7 Å². The van der Waals surface area contributed by atoms with Gasteiger partial charge in [-0.1, -0.05) is 30.3 Å². The Balaban J connectivity index is 1.16. The number of benzene rings is 2. The summed E-state index contributed by atoms with van der Waals surface area (Å²) < 4.78 is 12.9. The lowest BCUT2D eigenvalue weighted by Gasteiger charge is -2.39. The highest BCUT2D eigenvalue weighted by molar-refractivity contribution is 5.89. The fraction of sp³-hybridized carbons (Fsp3) is 0.381. The zero-order valence-corrected chi connectivity index (χ0v) is 14.2. The molecule has 2 amide bonds. The van der Waals surface area contributed by atoms with Crippen molar-refractivity contribution in [3.05, 3.63) is 66.0 Å². The van der Waals surface area contributed by atoms with E-state index in [0.717, 1.165) is 24.9 Å². The van der Waals surface area contributed by atoms with Crippen LogP contribution in [0.3, 0.4) is 0 Å². The molecule has 4 heteroatoms. The van der Waals surface area contributed by atoms with Crippen molar-refractivity contribution in [1.29, 1.82) is 0 Å². The van der Waals surface area contributed by atoms with Gasteiger partial charge in [-0.3, -0.25) is 0 Å². The van der Waals surface area contributed by atoms with Gasteiger partial charge in [0, 0.05) is 18.8 Å². The van der Waals surface area contributed by atoms with Crippen LogP contribution in [0.2, 0.25) is 0 Å². The number of anilines is 1. The second kappa shape index (κ2) is 6.87. The maximum atomic E-state index is 12.9. The largest absolute Gasteiger partial charge is 0.324 e. The molecule has 1 N–H and O–H groups in total. The van der Waals surface area contributed by atoms with Crippen LogP contribution in [0.25, 0.3) is 0 Å². The topological polar surface area (TPSA) is 32.3 Å². The standard InChI is InChI=1S/C21H23FN2O/c22-18-8-10-19(11-9-18)23-21(25)24-13-15(14-24)6-7-17-12-20(17)16-4-2-1-3-5-16/h1-5,8-11,15,17,20H,6-7,12-14H2,(H,23,25). The number of nitrogens with zero attached hydrogens (tertiary/aromatic N) is 1. The highest BCUT2D eigenvalue weighted by atomic mass is 19.1. The van der Waals surface area contributed by atoms with Gasteiger partial charge in [-0.2, -0.15) is 0 Å². The zero-order valence-electron chi connectivity index (χ0n) is 14.2. The van der Waals surface area contributed by atoms with Gasteiger partial charge in [-0.15, -0.1) is 0 Å². The third kappa shape index (κ3) is 3.84. The fourth-order valence-corrected chi connectivity index (χ4v) is 3.78. The molecule has 0 aromatic heterocycles. The Labute approximate surface area is 147 Å². The molecule has 2 aromatic rings. The summed E-state index contributed by atoms with van der Waals surface area (Å²) in [6, 6.07) is 16.6. The number of hydrogen-bond donors (Lipinski definition) is 1. The number of hydrogen-bond acceptors (Lipinski definition) is 1. The lowest BCUT2D eigenvalue weighted by molar-refractivity contribution is 0.123. The van der Waals surface area contributed by atoms with Crippen molar-refractivity contribution in [3.8, 4) is 0 Å². The summed E-state index contributed by atoms with van der Waals surface area (Å²) in [6.07, 6.45) is 3.78. The van der Waals surface area contributed by atoms with Crippen LogP contribution < -0.4 is 5.32 Å². The maximum Gasteiger partial charge on any atom is 0.321 e. The number of urea groups is 1. The number of nitrogens with one attached hydrogen (secondary N) is 1. The normalized spacial score (nSPS) is 22.4. The molecule has 1 heterocycles. The SMILES string of the molecule is O=C(Nc1ccc(F)cc1)N1CC(CCC2CC2c2ccccc2)C1. The van der Waals surface area contributed by atoms with Gasteiger partial charge < -0.3 is 10.2 Å². The molecule has 2 aliphatic rings. The second-order valence-corrected chi connectivity index (χ2v) is 7.30. The van der Waals surface area contributed by atoms with Gasteiger partial charge in [-0.05, 0) is 66.8 Å². The molecule has 0 radical (unpaired) electrons. The van der Waals surface area contributed by atoms with Gasteiger partial charge in [0.2, 0.25) is 0 Å². The Hall–Kier alpha value is -2.36. The van der Waals surface area contributed by atoms with E-state index in [9.17, 15) is 9.18 Å². The van der Waals surface area contributed by atoms with E-state index in [1.165, 1.54) is 37.0 Å². The van der Waals surface area contributed by atoms with E-state index in [-0.39, 0.29) is 11.8 Å². The van der Waals surface area contributed by atoms with Crippen molar-refractivity contribution >= 4 is 11.7 Å². The highest BCUT2D eigenvalue weighted by Gasteiger charge is 2.39. The molecule has 0 bridgehead atoms. The Morgan fingerprint density at radius 3 is 2.48 bits per heavy atom. The minimum atomic E-state index is -0.295. The quantitative estimate of drug-likeness (QED) is 0.828. The molecule has 2 atom stereocenters. The van der Waals surface area contributed by atoms with Crippen LogP contribution in [0, 0.1) is 17.7 Å². The molecule has 1 aliphatic carbocycles. The maximum absolute atomic E-state index is 12.9. The van der Waals surface area contributed by atoms with Crippen molar-refractivity contribution in [3.63, 3.8) is 0 Å². The lowest BCUT2D eigenvalue weighted by atomic mass is 9.93. The smallest absolute Gasteiger partial charge is 0.321 e. The van der Waals surface area contributed by atoms with Gasteiger partial charge >= 0.3 is 6.03 Å². The molecule has 1 saturated heterocycles. The van der Waals surface area contributed by atoms with E-state index < -0.39 is 0 Å². The van der Waals surface area contributed by atoms with Gasteiger partial charge in [0.25, 0.3) is 0 Å². The third-order valence-corrected chi connectivity index (χ3v) is 5.44. The summed E-state index contributed by atoms with van der Waals surface area (Å²) >= 11 is 0. The molecule has 2 aromatic carbocycles. The first kappa shape index (κ1) is 16.1. The predicted molar refractivity (Wildman–Crippen MR) is 97.0 cm³/mol. The predicted octanol–water partition coefficient (Wildman–Crippen LogP) is 4.87. The van der Waals surface area contributed by atoms with Gasteiger partial charge in [0.1, 0.15) is 5.82 Å². The van der Waals surface area contributed by atoms with E-state index in [2.05, 4.69) is 35.6 Å². The number of rotatable bonds is 5. The van der Waals surface area contributed by atoms with Crippen molar-refractivity contribution in [2.45, 2.75) is 25.2 Å². The molecule has 1 aliphatic heterocycles. The van der Waals surface area contributed by atoms with Gasteiger partial charge in [-0.25, -0.2) is 9.18 Å². The minimum absolute atomic E-state index is 0.0866. The molecule has 0 spiro atoms. The van der Waals surface area contributed by atoms with E-state index >= 15 is 0 Å². The number of amides is 2. The molecule has 1 saturated carbocycles. The van der Waals surface area contributed by atoms with E-state index in [1.807, 2.05) is 4.90 Å². The molecule has 130 valence electrons. The summed E-state index contributed by atoms with van der Waals surface area (Å²) in [5, 5.41) is 2.82. The third-order valence-electron chi connectivity index (χ3n) is 5.44. The van der Waals surface area contributed by atoms with Crippen LogP contribution in [0.4, 0.5) is 14.9 Å². The molecular formula is C21H23FN2O. The summed E-state index contributed by atoms with van der Waals surface area (Å²) in [5.41, 5.74) is 2.11. The van der Waals surface area contributed by atoms with Crippen LogP contribution >= 0.6 is 0 Å². The van der Waals surface area contributed by atoms with Crippen molar-refractivity contribution in [2.75, 3.05) is 18.4 Å². The number of halogens is 1. The molecule has 3 nitrogen and oxygen atoms in total. The summed E-state index contributed by atoms with van der Waals surface area (Å²) in [5.74, 6) is 1.90. The van der Waals surface area contributed by atoms with Crippen molar-refractivity contribution in [2.24, 2.45) is 11.8 Å². The Kier molecular flexibility index (Phi) is 4.43. The van der Waals surface area contributed by atoms with E-state index in [0.29, 0.717) is 11.6 Å². The van der Waals surface area contributed by atoms with Crippen molar-refractivity contribution < 1.29 is 9.18 Å². The van der Waals surface area contributed by atoms with Gasteiger partial charge in [0.05, 0.1) is 0 Å². The van der Waals surface area contributed by atoms with E-state index in [1.54, 1.807) is 12.1 Å². The summed E-state index contributed by atoms with van der Waals surface area (Å²) in [7, 11) is 0. The highest BCUT2D eigenvalue weighted by Crippen LogP contribution is 2.50. The molecule has 2 fully saturated rings. The first-order chi connectivity index (χ1) is 12.2. The molecule has 4 rings (SSSR count). The van der Waals surface area contributed by atoms with Crippen molar-refractivity contribution in [1.82, 2.24) is 4.90 Å².